The second-order valence-electron chi connectivity index (χ2n) is 6.66. The Kier molecular flexibility index (Phi) is 6.16. The minimum absolute atomic E-state index is 0.452. The van der Waals surface area contributed by atoms with E-state index in [1.165, 1.54) is 44.1 Å². The van der Waals surface area contributed by atoms with Crippen molar-refractivity contribution in [3.8, 4) is 0 Å². The first-order valence-electron chi connectivity index (χ1n) is 8.69. The number of nitrogens with zero attached hydrogens (tertiary/aromatic N) is 2. The number of hydrogen-bond acceptors (Lipinski definition) is 3. The molecule has 2 rings (SSSR count). The lowest BCUT2D eigenvalue weighted by atomic mass is 9.75. The summed E-state index contributed by atoms with van der Waals surface area (Å²) in [5.74, 6) is 1.66. The fourth-order valence-electron chi connectivity index (χ4n) is 3.72. The average Bonchev–Trinajstić information content (AvgIpc) is 2.51. The van der Waals surface area contributed by atoms with Crippen LogP contribution in [0.5, 0.6) is 0 Å². The van der Waals surface area contributed by atoms with E-state index in [0.717, 1.165) is 29.8 Å². The predicted octanol–water partition coefficient (Wildman–Crippen LogP) is 4.35. The molecule has 1 saturated carbocycles. The van der Waals surface area contributed by atoms with Crippen molar-refractivity contribution in [2.75, 3.05) is 6.54 Å². The second-order valence-corrected chi connectivity index (χ2v) is 6.66. The summed E-state index contributed by atoms with van der Waals surface area (Å²) in [6, 6.07) is 2.69. The Labute approximate surface area is 129 Å². The van der Waals surface area contributed by atoms with Crippen LogP contribution in [0, 0.1) is 25.7 Å². The molecule has 1 aromatic heterocycles. The Bertz CT molecular complexity index is 444. The molecule has 3 nitrogen and oxygen atoms in total. The van der Waals surface area contributed by atoms with Crippen LogP contribution in [-0.4, -0.2) is 16.7 Å². The molecular weight excluding hydrogens is 258 g/mol. The van der Waals surface area contributed by atoms with Gasteiger partial charge in [-0.1, -0.05) is 33.1 Å². The molecular formula is C18H31N3. The van der Waals surface area contributed by atoms with E-state index >= 15 is 0 Å². The van der Waals surface area contributed by atoms with Crippen LogP contribution in [0.2, 0.25) is 0 Å². The molecule has 0 bridgehead atoms. The molecule has 1 aliphatic carbocycles. The van der Waals surface area contributed by atoms with Gasteiger partial charge in [0.05, 0.1) is 11.4 Å². The van der Waals surface area contributed by atoms with Gasteiger partial charge >= 0.3 is 0 Å². The number of rotatable bonds is 6. The molecule has 0 amide bonds. The summed E-state index contributed by atoms with van der Waals surface area (Å²) >= 11 is 0. The molecule has 0 spiro atoms. The van der Waals surface area contributed by atoms with E-state index in [-0.39, 0.29) is 0 Å². The summed E-state index contributed by atoms with van der Waals surface area (Å²) in [6.45, 7) is 9.80. The van der Waals surface area contributed by atoms with Gasteiger partial charge in [-0.3, -0.25) is 0 Å². The Balaban J connectivity index is 2.22. The lowest BCUT2D eigenvalue weighted by Crippen LogP contribution is -2.33. The van der Waals surface area contributed by atoms with E-state index in [0.29, 0.717) is 6.04 Å². The van der Waals surface area contributed by atoms with E-state index in [4.69, 9.17) is 0 Å². The lowest BCUT2D eigenvalue weighted by molar-refractivity contribution is 0.208. The summed E-state index contributed by atoms with van der Waals surface area (Å²) in [6.07, 6.45) is 8.00. The van der Waals surface area contributed by atoms with Crippen molar-refractivity contribution in [2.45, 2.75) is 72.3 Å². The number of hydrogen-bond donors (Lipinski definition) is 1. The predicted molar refractivity (Wildman–Crippen MR) is 88.3 cm³/mol. The average molecular weight is 289 g/mol. The minimum atomic E-state index is 0.452. The fourth-order valence-corrected chi connectivity index (χ4v) is 3.72. The maximum atomic E-state index is 4.35. The zero-order chi connectivity index (χ0) is 15.2. The smallest absolute Gasteiger partial charge is 0.0648 e. The third-order valence-electron chi connectivity index (χ3n) is 4.96. The van der Waals surface area contributed by atoms with Crippen molar-refractivity contribution in [1.29, 1.82) is 0 Å². The number of aryl methyl sites for hydroxylation is 2. The molecule has 1 aromatic rings. The van der Waals surface area contributed by atoms with Crippen molar-refractivity contribution < 1.29 is 0 Å². The molecule has 3 unspecified atom stereocenters. The normalized spacial score (nSPS) is 24.0. The summed E-state index contributed by atoms with van der Waals surface area (Å²) in [5, 5.41) is 12.4. The van der Waals surface area contributed by atoms with Crippen LogP contribution in [0.15, 0.2) is 6.07 Å². The zero-order valence-corrected chi connectivity index (χ0v) is 14.2. The van der Waals surface area contributed by atoms with Crippen molar-refractivity contribution >= 4 is 0 Å². The summed E-state index contributed by atoms with van der Waals surface area (Å²) < 4.78 is 0. The van der Waals surface area contributed by atoms with Crippen molar-refractivity contribution in [1.82, 2.24) is 15.5 Å². The van der Waals surface area contributed by atoms with E-state index in [1.807, 2.05) is 6.92 Å². The van der Waals surface area contributed by atoms with Gasteiger partial charge in [0.15, 0.2) is 0 Å². The van der Waals surface area contributed by atoms with Crippen LogP contribution in [0.4, 0.5) is 0 Å². The van der Waals surface area contributed by atoms with Crippen molar-refractivity contribution in [3.05, 3.63) is 23.0 Å². The topological polar surface area (TPSA) is 37.8 Å². The van der Waals surface area contributed by atoms with Gasteiger partial charge in [-0.2, -0.15) is 10.2 Å². The minimum Gasteiger partial charge on any atom is -0.310 e. The highest BCUT2D eigenvalue weighted by atomic mass is 15.1. The Morgan fingerprint density at radius 2 is 2.05 bits per heavy atom. The molecule has 1 aliphatic rings. The van der Waals surface area contributed by atoms with Crippen LogP contribution in [0.25, 0.3) is 0 Å². The first-order valence-corrected chi connectivity index (χ1v) is 8.69. The van der Waals surface area contributed by atoms with Crippen molar-refractivity contribution in [3.63, 3.8) is 0 Å². The van der Waals surface area contributed by atoms with Gasteiger partial charge in [0.1, 0.15) is 0 Å². The highest BCUT2D eigenvalue weighted by Gasteiger charge is 2.29. The molecule has 1 fully saturated rings. The van der Waals surface area contributed by atoms with Gasteiger partial charge in [0, 0.05) is 6.04 Å². The second kappa shape index (κ2) is 7.88. The van der Waals surface area contributed by atoms with E-state index in [9.17, 15) is 0 Å². The third kappa shape index (κ3) is 4.26. The summed E-state index contributed by atoms with van der Waals surface area (Å²) in [4.78, 5) is 0. The van der Waals surface area contributed by atoms with E-state index in [1.54, 1.807) is 0 Å². The van der Waals surface area contributed by atoms with Gasteiger partial charge in [-0.25, -0.2) is 0 Å². The molecule has 1 heterocycles. The largest absolute Gasteiger partial charge is 0.310 e. The van der Waals surface area contributed by atoms with Crippen LogP contribution in [0.3, 0.4) is 0 Å². The van der Waals surface area contributed by atoms with Gasteiger partial charge in [0.25, 0.3) is 0 Å². The van der Waals surface area contributed by atoms with Crippen molar-refractivity contribution in [2.24, 2.45) is 11.8 Å². The SMILES string of the molecule is CCCNC(c1cc(C)nnc1C)C1CCCC(CC)C1. The van der Waals surface area contributed by atoms with Gasteiger partial charge in [-0.15, -0.1) is 0 Å². The van der Waals surface area contributed by atoms with Gasteiger partial charge < -0.3 is 5.32 Å². The molecule has 3 heteroatoms. The van der Waals surface area contributed by atoms with E-state index < -0.39 is 0 Å². The maximum absolute atomic E-state index is 4.35. The maximum Gasteiger partial charge on any atom is 0.0648 e. The molecule has 21 heavy (non-hydrogen) atoms. The highest BCUT2D eigenvalue weighted by Crippen LogP contribution is 2.39. The molecule has 0 aliphatic heterocycles. The lowest BCUT2D eigenvalue weighted by Gasteiger charge is -2.35. The van der Waals surface area contributed by atoms with Crippen LogP contribution in [0.1, 0.15) is 75.4 Å². The first kappa shape index (κ1) is 16.4. The molecule has 1 N–H and O–H groups in total. The quantitative estimate of drug-likeness (QED) is 0.846. The first-order chi connectivity index (χ1) is 10.2. The molecule has 0 saturated heterocycles. The van der Waals surface area contributed by atoms with Crippen LogP contribution >= 0.6 is 0 Å². The fraction of sp³-hybridized carbons (Fsp3) is 0.778. The number of aromatic nitrogens is 2. The highest BCUT2D eigenvalue weighted by molar-refractivity contribution is 5.24. The Morgan fingerprint density at radius 1 is 1.24 bits per heavy atom. The zero-order valence-electron chi connectivity index (χ0n) is 14.2. The Morgan fingerprint density at radius 3 is 2.76 bits per heavy atom. The summed E-state index contributed by atoms with van der Waals surface area (Å²) in [5.41, 5.74) is 3.49. The third-order valence-corrected chi connectivity index (χ3v) is 4.96. The Hall–Kier alpha value is -0.960. The van der Waals surface area contributed by atoms with Crippen LogP contribution < -0.4 is 5.32 Å². The van der Waals surface area contributed by atoms with E-state index in [2.05, 4.69) is 42.4 Å². The monoisotopic (exact) mass is 289 g/mol. The van der Waals surface area contributed by atoms with Gasteiger partial charge in [-0.05, 0) is 63.1 Å². The molecule has 3 atom stereocenters. The standard InChI is InChI=1S/C18H31N3/c1-5-10-19-18(16-9-7-8-15(6-2)12-16)17-11-13(3)20-21-14(17)4/h11,15-16,18-19H,5-10,12H2,1-4H3. The molecule has 0 radical (unpaired) electrons. The number of nitrogens with one attached hydrogen (secondary N) is 1. The summed E-state index contributed by atoms with van der Waals surface area (Å²) in [7, 11) is 0. The molecule has 0 aromatic carbocycles. The van der Waals surface area contributed by atoms with Crippen LogP contribution in [-0.2, 0) is 0 Å². The van der Waals surface area contributed by atoms with Gasteiger partial charge in [0.2, 0.25) is 0 Å². The molecule has 118 valence electrons.